The summed E-state index contributed by atoms with van der Waals surface area (Å²) in [6.45, 7) is 2.32. The number of H-pyrrole nitrogens is 1. The van der Waals surface area contributed by atoms with Crippen LogP contribution in [-0.4, -0.2) is 26.8 Å². The van der Waals surface area contributed by atoms with E-state index in [1.165, 1.54) is 0 Å². The molecule has 0 saturated carbocycles. The van der Waals surface area contributed by atoms with Gasteiger partial charge in [-0.05, 0) is 47.4 Å². The number of imidazole rings is 1. The van der Waals surface area contributed by atoms with Crippen molar-refractivity contribution in [2.24, 2.45) is 0 Å². The van der Waals surface area contributed by atoms with Gasteiger partial charge in [-0.1, -0.05) is 35.0 Å². The van der Waals surface area contributed by atoms with E-state index < -0.39 is 11.9 Å². The number of hydrogen-bond donors (Lipinski definition) is 3. The summed E-state index contributed by atoms with van der Waals surface area (Å²) in [5.41, 5.74) is 4.65. The van der Waals surface area contributed by atoms with Crippen LogP contribution in [0.3, 0.4) is 0 Å². The van der Waals surface area contributed by atoms with Gasteiger partial charge in [0.2, 0.25) is 0 Å². The maximum atomic E-state index is 11.1. The molecule has 4 rings (SSSR count). The molecule has 2 aromatic carbocycles. The third-order valence-corrected chi connectivity index (χ3v) is 5.44. The molecule has 2 heterocycles. The van der Waals surface area contributed by atoms with Crippen molar-refractivity contribution in [3.8, 4) is 28.1 Å². The Morgan fingerprint density at radius 2 is 2.11 bits per heavy atom. The van der Waals surface area contributed by atoms with E-state index in [1.807, 2.05) is 31.2 Å². The van der Waals surface area contributed by atoms with E-state index in [4.69, 9.17) is 15.3 Å². The lowest BCUT2D eigenvalue weighted by molar-refractivity contribution is -0.129. The SMILES string of the molecule is CCC(C(=N)C(=O)O)c1ncc(-c2ccc3c(c2)COc2cc(Br)ccc2-3)[nH]1. The van der Waals surface area contributed by atoms with Gasteiger partial charge >= 0.3 is 5.97 Å². The minimum absolute atomic E-state index is 0.356. The first-order valence-electron chi connectivity index (χ1n) is 8.90. The normalized spacial score (nSPS) is 13.2. The van der Waals surface area contributed by atoms with Gasteiger partial charge in [0.05, 0.1) is 17.8 Å². The Morgan fingerprint density at radius 1 is 1.32 bits per heavy atom. The number of halogens is 1. The van der Waals surface area contributed by atoms with Crippen LogP contribution in [0.1, 0.15) is 30.7 Å². The highest BCUT2D eigenvalue weighted by Gasteiger charge is 2.24. The third kappa shape index (κ3) is 3.22. The Balaban J connectivity index is 1.67. The second-order valence-electron chi connectivity index (χ2n) is 6.66. The van der Waals surface area contributed by atoms with Crippen molar-refractivity contribution < 1.29 is 14.6 Å². The zero-order valence-electron chi connectivity index (χ0n) is 15.1. The van der Waals surface area contributed by atoms with E-state index in [0.717, 1.165) is 38.2 Å². The van der Waals surface area contributed by atoms with Gasteiger partial charge < -0.3 is 14.8 Å². The quantitative estimate of drug-likeness (QED) is 0.487. The van der Waals surface area contributed by atoms with E-state index in [0.29, 0.717) is 18.9 Å². The fraction of sp³-hybridized carbons (Fsp3) is 0.190. The number of fused-ring (bicyclic) bond motifs is 3. The van der Waals surface area contributed by atoms with Crippen molar-refractivity contribution in [3.05, 3.63) is 58.5 Å². The number of aromatic amines is 1. The first kappa shape index (κ1) is 18.4. The number of carboxylic acid groups (broad SMARTS) is 1. The zero-order valence-corrected chi connectivity index (χ0v) is 16.7. The second kappa shape index (κ2) is 7.24. The average Bonchev–Trinajstić information content (AvgIpc) is 3.17. The Hall–Kier alpha value is -2.93. The van der Waals surface area contributed by atoms with Crippen LogP contribution in [0.4, 0.5) is 0 Å². The zero-order chi connectivity index (χ0) is 19.8. The van der Waals surface area contributed by atoms with Crippen LogP contribution in [0.25, 0.3) is 22.4 Å². The molecule has 142 valence electrons. The molecule has 1 aliphatic rings. The van der Waals surface area contributed by atoms with E-state index >= 15 is 0 Å². The molecular formula is C21H18BrN3O3. The highest BCUT2D eigenvalue weighted by molar-refractivity contribution is 9.10. The third-order valence-electron chi connectivity index (χ3n) is 4.95. The molecule has 0 fully saturated rings. The number of aliphatic carboxylic acids is 1. The van der Waals surface area contributed by atoms with Gasteiger partial charge in [-0.3, -0.25) is 5.41 Å². The molecule has 3 aromatic rings. The molecule has 3 N–H and O–H groups in total. The lowest BCUT2D eigenvalue weighted by Gasteiger charge is -2.21. The summed E-state index contributed by atoms with van der Waals surface area (Å²) in [6.07, 6.45) is 2.17. The highest BCUT2D eigenvalue weighted by Crippen LogP contribution is 2.40. The van der Waals surface area contributed by atoms with Crippen molar-refractivity contribution >= 4 is 27.6 Å². The molecule has 0 bridgehead atoms. The molecule has 7 heteroatoms. The first-order chi connectivity index (χ1) is 13.5. The number of rotatable bonds is 5. The smallest absolute Gasteiger partial charge is 0.350 e. The highest BCUT2D eigenvalue weighted by atomic mass is 79.9. The summed E-state index contributed by atoms with van der Waals surface area (Å²) in [5, 5.41) is 16.9. The Labute approximate surface area is 170 Å². The fourth-order valence-corrected chi connectivity index (χ4v) is 3.82. The Kier molecular flexibility index (Phi) is 4.77. The van der Waals surface area contributed by atoms with Gasteiger partial charge in [-0.25, -0.2) is 9.78 Å². The molecule has 0 radical (unpaired) electrons. The number of carbonyl (C=O) groups is 1. The van der Waals surface area contributed by atoms with E-state index in [-0.39, 0.29) is 5.71 Å². The van der Waals surface area contributed by atoms with Gasteiger partial charge in [0.1, 0.15) is 23.9 Å². The lowest BCUT2D eigenvalue weighted by atomic mass is 9.94. The van der Waals surface area contributed by atoms with Crippen molar-refractivity contribution in [2.45, 2.75) is 25.9 Å². The number of carboxylic acids is 1. The lowest BCUT2D eigenvalue weighted by Crippen LogP contribution is -2.21. The topological polar surface area (TPSA) is 99.1 Å². The molecule has 1 unspecified atom stereocenters. The Bertz CT molecular complexity index is 1090. The standard InChI is InChI=1S/C21H18BrN3O3/c1-2-14(19(23)21(26)27)20-24-9-17(25-20)11-3-5-15-12(7-11)10-28-18-8-13(22)4-6-16(15)18/h3-9,14,23H,2,10H2,1H3,(H,24,25)(H,26,27). The van der Waals surface area contributed by atoms with Gasteiger partial charge in [-0.2, -0.15) is 0 Å². The summed E-state index contributed by atoms with van der Waals surface area (Å²) in [4.78, 5) is 18.7. The number of nitrogens with zero attached hydrogens (tertiary/aromatic N) is 1. The monoisotopic (exact) mass is 439 g/mol. The van der Waals surface area contributed by atoms with Crippen LogP contribution >= 0.6 is 15.9 Å². The Morgan fingerprint density at radius 3 is 2.86 bits per heavy atom. The van der Waals surface area contributed by atoms with Gasteiger partial charge in [0, 0.05) is 10.0 Å². The maximum Gasteiger partial charge on any atom is 0.350 e. The predicted octanol–water partition coefficient (Wildman–Crippen LogP) is 5.00. The molecule has 0 amide bonds. The number of benzene rings is 2. The summed E-state index contributed by atoms with van der Waals surface area (Å²) in [5.74, 6) is -0.427. The largest absolute Gasteiger partial charge is 0.488 e. The molecule has 0 spiro atoms. The second-order valence-corrected chi connectivity index (χ2v) is 7.58. The van der Waals surface area contributed by atoms with Crippen LogP contribution in [0.2, 0.25) is 0 Å². The summed E-state index contributed by atoms with van der Waals surface area (Å²) >= 11 is 3.47. The molecule has 0 saturated heterocycles. The van der Waals surface area contributed by atoms with Gasteiger partial charge in [0.15, 0.2) is 0 Å². The maximum absolute atomic E-state index is 11.1. The number of aromatic nitrogens is 2. The fourth-order valence-electron chi connectivity index (χ4n) is 3.48. The minimum Gasteiger partial charge on any atom is -0.488 e. The van der Waals surface area contributed by atoms with Crippen molar-refractivity contribution in [3.63, 3.8) is 0 Å². The molecule has 1 aliphatic heterocycles. The van der Waals surface area contributed by atoms with Gasteiger partial charge in [0.25, 0.3) is 0 Å². The van der Waals surface area contributed by atoms with Crippen LogP contribution < -0.4 is 4.74 Å². The van der Waals surface area contributed by atoms with E-state index in [2.05, 4.69) is 38.0 Å². The molecule has 1 atom stereocenters. The van der Waals surface area contributed by atoms with Crippen molar-refractivity contribution in [2.75, 3.05) is 0 Å². The molecule has 0 aliphatic carbocycles. The van der Waals surface area contributed by atoms with Crippen molar-refractivity contribution in [1.82, 2.24) is 9.97 Å². The minimum atomic E-state index is -1.22. The van der Waals surface area contributed by atoms with E-state index in [1.54, 1.807) is 6.20 Å². The molecular weight excluding hydrogens is 422 g/mol. The number of hydrogen-bond acceptors (Lipinski definition) is 4. The number of nitrogens with one attached hydrogen (secondary N) is 2. The number of ether oxygens (including phenoxy) is 1. The van der Waals surface area contributed by atoms with Crippen LogP contribution in [0.5, 0.6) is 5.75 Å². The molecule has 1 aromatic heterocycles. The first-order valence-corrected chi connectivity index (χ1v) is 9.70. The van der Waals surface area contributed by atoms with Crippen LogP contribution in [-0.2, 0) is 11.4 Å². The molecule has 6 nitrogen and oxygen atoms in total. The van der Waals surface area contributed by atoms with Crippen LogP contribution in [0, 0.1) is 5.41 Å². The van der Waals surface area contributed by atoms with E-state index in [9.17, 15) is 4.79 Å². The van der Waals surface area contributed by atoms with Gasteiger partial charge in [-0.15, -0.1) is 0 Å². The summed E-state index contributed by atoms with van der Waals surface area (Å²) in [6, 6.07) is 12.1. The predicted molar refractivity (Wildman–Crippen MR) is 110 cm³/mol. The van der Waals surface area contributed by atoms with Crippen molar-refractivity contribution in [1.29, 1.82) is 5.41 Å². The summed E-state index contributed by atoms with van der Waals surface area (Å²) in [7, 11) is 0. The summed E-state index contributed by atoms with van der Waals surface area (Å²) < 4.78 is 6.87. The molecule has 28 heavy (non-hydrogen) atoms. The van der Waals surface area contributed by atoms with Crippen LogP contribution in [0.15, 0.2) is 47.1 Å². The average molecular weight is 440 g/mol.